The van der Waals surface area contributed by atoms with Crippen molar-refractivity contribution in [1.29, 1.82) is 0 Å². The third kappa shape index (κ3) is 5.60. The summed E-state index contributed by atoms with van der Waals surface area (Å²) >= 11 is 7.63. The summed E-state index contributed by atoms with van der Waals surface area (Å²) < 4.78 is 4.03. The van der Waals surface area contributed by atoms with E-state index >= 15 is 0 Å². The molecule has 0 atom stereocenters. The smallest absolute Gasteiger partial charge is 0.221 e. The quantitative estimate of drug-likeness (QED) is 0.354. The summed E-state index contributed by atoms with van der Waals surface area (Å²) in [4.78, 5) is 12.2. The van der Waals surface area contributed by atoms with Crippen molar-refractivity contribution in [3.05, 3.63) is 101 Å². The van der Waals surface area contributed by atoms with Crippen LogP contribution in [0.4, 0.5) is 0 Å². The first-order valence-electron chi connectivity index (χ1n) is 10.1. The minimum absolute atomic E-state index is 0.0491. The van der Waals surface area contributed by atoms with Crippen LogP contribution in [0, 0.1) is 0 Å². The maximum Gasteiger partial charge on any atom is 0.221 e. The zero-order valence-electron chi connectivity index (χ0n) is 16.9. The fourth-order valence-corrected chi connectivity index (χ4v) is 4.25. The zero-order chi connectivity index (χ0) is 21.5. The Hall–Kier alpha value is -2.96. The molecule has 2 aromatic heterocycles. The Labute approximate surface area is 191 Å². The number of carbonyl (C=O) groups is 1. The third-order valence-electron chi connectivity index (χ3n) is 4.80. The molecular formula is C24H23ClN4OS. The molecule has 0 aliphatic carbocycles. The van der Waals surface area contributed by atoms with Crippen LogP contribution >= 0.6 is 23.4 Å². The van der Waals surface area contributed by atoms with E-state index in [1.54, 1.807) is 11.8 Å². The molecule has 158 valence electrons. The lowest BCUT2D eigenvalue weighted by Gasteiger charge is -2.11. The molecule has 4 rings (SSSR count). The number of thioether (sulfide) groups is 1. The summed E-state index contributed by atoms with van der Waals surface area (Å²) in [5.41, 5.74) is 3.19. The lowest BCUT2D eigenvalue weighted by atomic mass is 10.2. The average Bonchev–Trinajstić information content (AvgIpc) is 3.46. The molecule has 0 radical (unpaired) electrons. The van der Waals surface area contributed by atoms with Gasteiger partial charge in [-0.15, -0.1) is 0 Å². The van der Waals surface area contributed by atoms with Gasteiger partial charge in [0.2, 0.25) is 5.91 Å². The van der Waals surface area contributed by atoms with Crippen LogP contribution < -0.4 is 5.32 Å². The summed E-state index contributed by atoms with van der Waals surface area (Å²) in [6.45, 7) is 0.516. The molecular weight excluding hydrogens is 428 g/mol. The molecule has 5 nitrogen and oxygen atoms in total. The first-order chi connectivity index (χ1) is 15.2. The van der Waals surface area contributed by atoms with Crippen LogP contribution in [-0.4, -0.2) is 26.0 Å². The lowest BCUT2D eigenvalue weighted by Crippen LogP contribution is -2.22. The number of carbonyl (C=O) groups excluding carboxylic acids is 1. The molecule has 0 aliphatic heterocycles. The summed E-state index contributed by atoms with van der Waals surface area (Å²) in [5.74, 6) is 2.60. The highest BCUT2D eigenvalue weighted by molar-refractivity contribution is 7.98. The van der Waals surface area contributed by atoms with Gasteiger partial charge in [0.25, 0.3) is 0 Å². The minimum atomic E-state index is 0.0491. The van der Waals surface area contributed by atoms with Crippen molar-refractivity contribution >= 4 is 29.3 Å². The summed E-state index contributed by atoms with van der Waals surface area (Å²) in [6, 6.07) is 21.6. The van der Waals surface area contributed by atoms with E-state index in [1.807, 2.05) is 90.0 Å². The number of hydrogen-bond acceptors (Lipinski definition) is 3. The summed E-state index contributed by atoms with van der Waals surface area (Å²) in [5, 5.41) is 8.28. The van der Waals surface area contributed by atoms with E-state index in [4.69, 9.17) is 11.6 Å². The van der Waals surface area contributed by atoms with Crippen molar-refractivity contribution in [2.75, 3.05) is 5.75 Å². The van der Waals surface area contributed by atoms with Crippen molar-refractivity contribution in [1.82, 2.24) is 19.7 Å². The van der Waals surface area contributed by atoms with Crippen molar-refractivity contribution < 1.29 is 4.79 Å². The number of nitrogens with zero attached hydrogens (tertiary/aromatic N) is 3. The standard InChI is InChI=1S/C24H23ClN4OS/c25-21-10-8-19(9-11-21)16-26-23(30)12-15-31-18-20-17-27-29(22-6-2-1-3-7-22)24(20)28-13-4-5-14-28/h1-11,13-14,17H,12,15-16,18H2,(H,26,30). The largest absolute Gasteiger partial charge is 0.352 e. The number of halogens is 1. The Bertz CT molecular complexity index is 1110. The van der Waals surface area contributed by atoms with Crippen molar-refractivity contribution in [3.63, 3.8) is 0 Å². The number of nitrogens with one attached hydrogen (secondary N) is 1. The lowest BCUT2D eigenvalue weighted by molar-refractivity contribution is -0.120. The Kier molecular flexibility index (Phi) is 7.12. The van der Waals surface area contributed by atoms with Gasteiger partial charge in [0, 0.05) is 47.5 Å². The monoisotopic (exact) mass is 450 g/mol. The van der Waals surface area contributed by atoms with Gasteiger partial charge in [-0.05, 0) is 42.0 Å². The molecule has 0 saturated carbocycles. The molecule has 4 aromatic rings. The fourth-order valence-electron chi connectivity index (χ4n) is 3.23. The second kappa shape index (κ2) is 10.4. The van der Waals surface area contributed by atoms with Gasteiger partial charge in [-0.2, -0.15) is 16.9 Å². The van der Waals surface area contributed by atoms with Crippen molar-refractivity contribution in [2.24, 2.45) is 0 Å². The Morgan fingerprint density at radius 2 is 1.74 bits per heavy atom. The van der Waals surface area contributed by atoms with Gasteiger partial charge in [-0.1, -0.05) is 41.9 Å². The number of para-hydroxylation sites is 1. The first-order valence-corrected chi connectivity index (χ1v) is 11.6. The molecule has 2 heterocycles. The minimum Gasteiger partial charge on any atom is -0.352 e. The van der Waals surface area contributed by atoms with E-state index in [0.717, 1.165) is 34.1 Å². The number of aromatic nitrogens is 3. The van der Waals surface area contributed by atoms with Crippen LogP contribution in [0.1, 0.15) is 17.5 Å². The Balaban J connectivity index is 1.33. The van der Waals surface area contributed by atoms with Gasteiger partial charge in [0.15, 0.2) is 0 Å². The van der Waals surface area contributed by atoms with E-state index in [2.05, 4.69) is 15.0 Å². The molecule has 1 amide bonds. The maximum atomic E-state index is 12.2. The average molecular weight is 451 g/mol. The zero-order valence-corrected chi connectivity index (χ0v) is 18.5. The van der Waals surface area contributed by atoms with Crippen molar-refractivity contribution in [3.8, 4) is 11.5 Å². The molecule has 0 spiro atoms. The third-order valence-corrected chi connectivity index (χ3v) is 6.06. The van der Waals surface area contributed by atoms with Gasteiger partial charge >= 0.3 is 0 Å². The van der Waals surface area contributed by atoms with Crippen LogP contribution in [0.2, 0.25) is 5.02 Å². The summed E-state index contributed by atoms with van der Waals surface area (Å²) in [6.07, 6.45) is 6.43. The normalized spacial score (nSPS) is 10.9. The van der Waals surface area contributed by atoms with Crippen LogP contribution in [0.15, 0.2) is 85.3 Å². The van der Waals surface area contributed by atoms with E-state index in [1.165, 1.54) is 0 Å². The fraction of sp³-hybridized carbons (Fsp3) is 0.167. The highest BCUT2D eigenvalue weighted by Crippen LogP contribution is 2.24. The highest BCUT2D eigenvalue weighted by Gasteiger charge is 2.14. The van der Waals surface area contributed by atoms with E-state index in [9.17, 15) is 4.79 Å². The number of hydrogen-bond donors (Lipinski definition) is 1. The number of rotatable bonds is 9. The molecule has 1 N–H and O–H groups in total. The number of benzene rings is 2. The van der Waals surface area contributed by atoms with Crippen LogP contribution in [0.25, 0.3) is 11.5 Å². The van der Waals surface area contributed by atoms with Gasteiger partial charge in [-0.25, -0.2) is 4.68 Å². The Morgan fingerprint density at radius 3 is 2.48 bits per heavy atom. The molecule has 31 heavy (non-hydrogen) atoms. The first kappa shape index (κ1) is 21.3. The molecule has 2 aromatic carbocycles. The molecule has 0 unspecified atom stereocenters. The van der Waals surface area contributed by atoms with Crippen LogP contribution in [0.5, 0.6) is 0 Å². The van der Waals surface area contributed by atoms with Gasteiger partial charge in [0.05, 0.1) is 11.9 Å². The van der Waals surface area contributed by atoms with Crippen molar-refractivity contribution in [2.45, 2.75) is 18.7 Å². The predicted octanol–water partition coefficient (Wildman–Crippen LogP) is 5.26. The second-order valence-electron chi connectivity index (χ2n) is 7.04. The Morgan fingerprint density at radius 1 is 1.00 bits per heavy atom. The highest BCUT2D eigenvalue weighted by atomic mass is 35.5. The SMILES string of the molecule is O=C(CCSCc1cnn(-c2ccccc2)c1-n1cccc1)NCc1ccc(Cl)cc1. The van der Waals surface area contributed by atoms with Crippen LogP contribution in [0.3, 0.4) is 0 Å². The topological polar surface area (TPSA) is 51.9 Å². The molecule has 0 aliphatic rings. The van der Waals surface area contributed by atoms with Crippen LogP contribution in [-0.2, 0) is 17.1 Å². The molecule has 0 saturated heterocycles. The van der Waals surface area contributed by atoms with Gasteiger partial charge in [-0.3, -0.25) is 4.79 Å². The van der Waals surface area contributed by atoms with E-state index in [0.29, 0.717) is 18.0 Å². The molecule has 7 heteroatoms. The predicted molar refractivity (Wildman–Crippen MR) is 127 cm³/mol. The van der Waals surface area contributed by atoms with Gasteiger partial charge < -0.3 is 9.88 Å². The number of amides is 1. The van der Waals surface area contributed by atoms with E-state index in [-0.39, 0.29) is 5.91 Å². The van der Waals surface area contributed by atoms with E-state index < -0.39 is 0 Å². The maximum absolute atomic E-state index is 12.2. The second-order valence-corrected chi connectivity index (χ2v) is 8.58. The molecule has 0 bridgehead atoms. The molecule has 0 fully saturated rings. The summed E-state index contributed by atoms with van der Waals surface area (Å²) in [7, 11) is 0. The van der Waals surface area contributed by atoms with Gasteiger partial charge in [0.1, 0.15) is 5.82 Å².